The molecule has 0 amide bonds. The van der Waals surface area contributed by atoms with E-state index in [1.54, 1.807) is 6.07 Å². The van der Waals surface area contributed by atoms with Crippen LogP contribution in [-0.2, 0) is 0 Å². The van der Waals surface area contributed by atoms with Crippen LogP contribution in [0.2, 0.25) is 5.02 Å². The van der Waals surface area contributed by atoms with Gasteiger partial charge in [0.1, 0.15) is 0 Å². The predicted molar refractivity (Wildman–Crippen MR) is 75.4 cm³/mol. The molecule has 2 aromatic carbocycles. The third kappa shape index (κ3) is 2.06. The van der Waals surface area contributed by atoms with E-state index in [2.05, 4.69) is 15.1 Å². The lowest BCUT2D eigenvalue weighted by atomic mass is 10.1. The maximum absolute atomic E-state index is 10.7. The van der Waals surface area contributed by atoms with Gasteiger partial charge in [0, 0.05) is 21.1 Å². The number of nitroso groups, excluding NO2 is 1. The standard InChI is InChI=1S/C14H8ClN3O/c15-11-7-3-1-5-9(11)13-10-6-2-4-8-12(10)16-14(17-13)18-19/h1-8H. The minimum atomic E-state index is -0.0892. The molecule has 0 aliphatic rings. The van der Waals surface area contributed by atoms with Gasteiger partial charge in [0.25, 0.3) is 5.95 Å². The van der Waals surface area contributed by atoms with E-state index < -0.39 is 0 Å². The van der Waals surface area contributed by atoms with Crippen molar-refractivity contribution in [2.24, 2.45) is 5.18 Å². The lowest BCUT2D eigenvalue weighted by molar-refractivity contribution is 1.17. The van der Waals surface area contributed by atoms with Crippen molar-refractivity contribution in [3.05, 3.63) is 58.5 Å². The lowest BCUT2D eigenvalue weighted by Crippen LogP contribution is -1.91. The molecule has 0 saturated carbocycles. The van der Waals surface area contributed by atoms with Crippen LogP contribution in [-0.4, -0.2) is 9.97 Å². The molecule has 0 aliphatic heterocycles. The fraction of sp³-hybridized carbons (Fsp3) is 0. The second kappa shape index (κ2) is 4.74. The number of benzene rings is 2. The molecule has 3 rings (SSSR count). The summed E-state index contributed by atoms with van der Waals surface area (Å²) in [7, 11) is 0. The fourth-order valence-corrected chi connectivity index (χ4v) is 2.19. The molecule has 0 radical (unpaired) electrons. The van der Waals surface area contributed by atoms with E-state index >= 15 is 0 Å². The van der Waals surface area contributed by atoms with Crippen molar-refractivity contribution >= 4 is 28.5 Å². The Balaban J connectivity index is 2.39. The number of halogens is 1. The molecule has 0 bridgehead atoms. The summed E-state index contributed by atoms with van der Waals surface area (Å²) in [6.07, 6.45) is 0. The van der Waals surface area contributed by atoms with Gasteiger partial charge in [-0.1, -0.05) is 48.0 Å². The summed E-state index contributed by atoms with van der Waals surface area (Å²) < 4.78 is 0. The number of nitrogens with zero attached hydrogens (tertiary/aromatic N) is 3. The van der Waals surface area contributed by atoms with E-state index in [4.69, 9.17) is 11.6 Å². The van der Waals surface area contributed by atoms with Gasteiger partial charge < -0.3 is 0 Å². The molecule has 0 fully saturated rings. The van der Waals surface area contributed by atoms with Crippen molar-refractivity contribution in [3.8, 4) is 11.3 Å². The topological polar surface area (TPSA) is 55.2 Å². The Bertz CT molecular complexity index is 773. The molecule has 5 heteroatoms. The Labute approximate surface area is 114 Å². The van der Waals surface area contributed by atoms with E-state index in [0.717, 1.165) is 10.9 Å². The molecule has 1 aromatic heterocycles. The van der Waals surface area contributed by atoms with Gasteiger partial charge in [0.15, 0.2) is 0 Å². The summed E-state index contributed by atoms with van der Waals surface area (Å²) in [6, 6.07) is 14.8. The van der Waals surface area contributed by atoms with Crippen molar-refractivity contribution in [2.45, 2.75) is 0 Å². The SMILES string of the molecule is O=Nc1nc(-c2ccccc2Cl)c2ccccc2n1. The first-order chi connectivity index (χ1) is 9.29. The normalized spacial score (nSPS) is 10.6. The molecule has 1 heterocycles. The monoisotopic (exact) mass is 269 g/mol. The average molecular weight is 270 g/mol. The third-order valence-corrected chi connectivity index (χ3v) is 3.13. The maximum atomic E-state index is 10.7. The minimum Gasteiger partial charge on any atom is -0.208 e. The molecular formula is C14H8ClN3O. The largest absolute Gasteiger partial charge is 0.292 e. The van der Waals surface area contributed by atoms with E-state index in [-0.39, 0.29) is 5.95 Å². The Morgan fingerprint density at radius 3 is 2.47 bits per heavy atom. The molecule has 0 aliphatic carbocycles. The number of aromatic nitrogens is 2. The molecule has 0 unspecified atom stereocenters. The van der Waals surface area contributed by atoms with Crippen LogP contribution in [0.15, 0.2) is 53.7 Å². The van der Waals surface area contributed by atoms with Crippen molar-refractivity contribution in [1.82, 2.24) is 9.97 Å². The summed E-state index contributed by atoms with van der Waals surface area (Å²) in [4.78, 5) is 19.0. The second-order valence-corrected chi connectivity index (χ2v) is 4.37. The van der Waals surface area contributed by atoms with Crippen LogP contribution in [0.4, 0.5) is 5.95 Å². The number of rotatable bonds is 2. The number of para-hydroxylation sites is 1. The highest BCUT2D eigenvalue weighted by Crippen LogP contribution is 2.32. The predicted octanol–water partition coefficient (Wildman–Crippen LogP) is 4.35. The highest BCUT2D eigenvalue weighted by atomic mass is 35.5. The maximum Gasteiger partial charge on any atom is 0.292 e. The minimum absolute atomic E-state index is 0.0892. The van der Waals surface area contributed by atoms with Crippen LogP contribution >= 0.6 is 11.6 Å². The zero-order valence-electron chi connectivity index (χ0n) is 9.75. The second-order valence-electron chi connectivity index (χ2n) is 3.96. The van der Waals surface area contributed by atoms with Gasteiger partial charge in [0.05, 0.1) is 11.2 Å². The average Bonchev–Trinajstić information content (AvgIpc) is 2.46. The number of hydrogen-bond acceptors (Lipinski definition) is 4. The van der Waals surface area contributed by atoms with E-state index in [1.807, 2.05) is 42.5 Å². The molecule has 19 heavy (non-hydrogen) atoms. The highest BCUT2D eigenvalue weighted by Gasteiger charge is 2.12. The van der Waals surface area contributed by atoms with Gasteiger partial charge in [-0.05, 0) is 12.1 Å². The quantitative estimate of drug-likeness (QED) is 0.650. The molecule has 0 atom stereocenters. The van der Waals surface area contributed by atoms with Gasteiger partial charge in [-0.3, -0.25) is 0 Å². The smallest absolute Gasteiger partial charge is 0.208 e. The summed E-state index contributed by atoms with van der Waals surface area (Å²) in [5, 5.41) is 4.23. The first-order valence-corrected chi connectivity index (χ1v) is 6.02. The lowest BCUT2D eigenvalue weighted by Gasteiger charge is -2.07. The number of hydrogen-bond donors (Lipinski definition) is 0. The molecule has 3 aromatic rings. The molecule has 0 spiro atoms. The number of fused-ring (bicyclic) bond motifs is 1. The molecule has 0 saturated heterocycles. The van der Waals surface area contributed by atoms with Gasteiger partial charge >= 0.3 is 0 Å². The van der Waals surface area contributed by atoms with Crippen LogP contribution in [0.3, 0.4) is 0 Å². The van der Waals surface area contributed by atoms with Crippen molar-refractivity contribution < 1.29 is 0 Å². The first-order valence-electron chi connectivity index (χ1n) is 5.64. The van der Waals surface area contributed by atoms with Crippen LogP contribution in [0.25, 0.3) is 22.2 Å². The van der Waals surface area contributed by atoms with Crippen LogP contribution < -0.4 is 0 Å². The van der Waals surface area contributed by atoms with E-state index in [1.165, 1.54) is 0 Å². The first kappa shape index (κ1) is 11.7. The van der Waals surface area contributed by atoms with Crippen molar-refractivity contribution in [1.29, 1.82) is 0 Å². The van der Waals surface area contributed by atoms with Crippen molar-refractivity contribution in [2.75, 3.05) is 0 Å². The van der Waals surface area contributed by atoms with Crippen LogP contribution in [0.5, 0.6) is 0 Å². The van der Waals surface area contributed by atoms with Gasteiger partial charge in [-0.2, -0.15) is 0 Å². The zero-order chi connectivity index (χ0) is 13.2. The summed E-state index contributed by atoms with van der Waals surface area (Å²) in [6.45, 7) is 0. The Hall–Kier alpha value is -2.33. The van der Waals surface area contributed by atoms with Crippen LogP contribution in [0, 0.1) is 4.91 Å². The fourth-order valence-electron chi connectivity index (χ4n) is 1.96. The summed E-state index contributed by atoms with van der Waals surface area (Å²) in [5.41, 5.74) is 2.04. The zero-order valence-corrected chi connectivity index (χ0v) is 10.5. The Kier molecular flexibility index (Phi) is 2.93. The van der Waals surface area contributed by atoms with E-state index in [9.17, 15) is 4.91 Å². The molecular weight excluding hydrogens is 262 g/mol. The van der Waals surface area contributed by atoms with Gasteiger partial charge in [0.2, 0.25) is 0 Å². The highest BCUT2D eigenvalue weighted by molar-refractivity contribution is 6.33. The molecule has 92 valence electrons. The van der Waals surface area contributed by atoms with Crippen LogP contribution in [0.1, 0.15) is 0 Å². The third-order valence-electron chi connectivity index (χ3n) is 2.80. The Morgan fingerprint density at radius 1 is 0.947 bits per heavy atom. The summed E-state index contributed by atoms with van der Waals surface area (Å²) in [5.74, 6) is -0.0892. The van der Waals surface area contributed by atoms with Gasteiger partial charge in [-0.25, -0.2) is 9.97 Å². The molecule has 0 N–H and O–H groups in total. The van der Waals surface area contributed by atoms with Gasteiger partial charge in [-0.15, -0.1) is 4.91 Å². The Morgan fingerprint density at radius 2 is 1.68 bits per heavy atom. The van der Waals surface area contributed by atoms with E-state index in [0.29, 0.717) is 16.2 Å². The van der Waals surface area contributed by atoms with Crippen molar-refractivity contribution in [3.63, 3.8) is 0 Å². The molecule has 4 nitrogen and oxygen atoms in total. The summed E-state index contributed by atoms with van der Waals surface area (Å²) >= 11 is 6.19.